The van der Waals surface area contributed by atoms with E-state index in [0.717, 1.165) is 5.56 Å². The van der Waals surface area contributed by atoms with Crippen LogP contribution in [0.5, 0.6) is 0 Å². The monoisotopic (exact) mass is 336 g/mol. The van der Waals surface area contributed by atoms with Crippen molar-refractivity contribution < 1.29 is 23.1 Å². The maximum atomic E-state index is 12.4. The van der Waals surface area contributed by atoms with E-state index in [0.29, 0.717) is 28.9 Å². The second-order valence-corrected chi connectivity index (χ2v) is 5.65. The molecule has 0 atom stereocenters. The molecule has 0 radical (unpaired) electrons. The van der Waals surface area contributed by atoms with Crippen molar-refractivity contribution in [2.75, 3.05) is 30.8 Å². The van der Waals surface area contributed by atoms with Gasteiger partial charge in [0, 0.05) is 18.0 Å². The fourth-order valence-corrected chi connectivity index (χ4v) is 2.49. The molecule has 0 bridgehead atoms. The minimum atomic E-state index is -4.27. The number of aliphatic hydroxyl groups is 1. The van der Waals surface area contributed by atoms with Gasteiger partial charge >= 0.3 is 12.2 Å². The normalized spacial score (nSPS) is 11.4. The minimum Gasteiger partial charge on any atom is -0.395 e. The Kier molecular flexibility index (Phi) is 7.02. The van der Waals surface area contributed by atoms with Crippen LogP contribution in [-0.4, -0.2) is 47.7 Å². The number of rotatable bonds is 6. The van der Waals surface area contributed by atoms with Crippen LogP contribution in [0.4, 0.5) is 23.7 Å². The molecular weight excluding hydrogens is 317 g/mol. The van der Waals surface area contributed by atoms with E-state index in [4.69, 9.17) is 5.11 Å². The van der Waals surface area contributed by atoms with Crippen molar-refractivity contribution in [3.05, 3.63) is 23.8 Å². The molecule has 0 aromatic heterocycles. The first-order valence-electron chi connectivity index (χ1n) is 6.73. The minimum absolute atomic E-state index is 0.166. The number of urea groups is 1. The van der Waals surface area contributed by atoms with Crippen molar-refractivity contribution in [1.29, 1.82) is 0 Å². The molecule has 8 heteroatoms. The summed E-state index contributed by atoms with van der Waals surface area (Å²) < 4.78 is 37.1. The number of hydrogen-bond donors (Lipinski definition) is 2. The van der Waals surface area contributed by atoms with E-state index in [1.807, 2.05) is 0 Å². The highest BCUT2D eigenvalue weighted by atomic mass is 32.2. The van der Waals surface area contributed by atoms with Gasteiger partial charge in [-0.3, -0.25) is 0 Å². The molecule has 0 saturated carbocycles. The molecule has 0 saturated heterocycles. The van der Waals surface area contributed by atoms with Gasteiger partial charge in [-0.1, -0.05) is 6.07 Å². The number of anilines is 1. The van der Waals surface area contributed by atoms with Gasteiger partial charge in [0.15, 0.2) is 0 Å². The van der Waals surface area contributed by atoms with Crippen LogP contribution in [0, 0.1) is 6.92 Å². The number of hydrogen-bond acceptors (Lipinski definition) is 3. The highest BCUT2D eigenvalue weighted by Crippen LogP contribution is 2.33. The van der Waals surface area contributed by atoms with Crippen molar-refractivity contribution in [3.8, 4) is 0 Å². The average molecular weight is 336 g/mol. The Morgan fingerprint density at radius 3 is 2.64 bits per heavy atom. The Morgan fingerprint density at radius 1 is 1.41 bits per heavy atom. The van der Waals surface area contributed by atoms with Crippen LogP contribution in [0.25, 0.3) is 0 Å². The maximum Gasteiger partial charge on any atom is 0.398 e. The zero-order valence-corrected chi connectivity index (χ0v) is 13.2. The fourth-order valence-electron chi connectivity index (χ4n) is 1.75. The van der Waals surface area contributed by atoms with Crippen LogP contribution in [0.15, 0.2) is 23.1 Å². The number of benzene rings is 1. The first-order valence-corrected chi connectivity index (χ1v) is 7.72. The molecule has 0 fully saturated rings. The van der Waals surface area contributed by atoms with Crippen LogP contribution in [-0.2, 0) is 0 Å². The van der Waals surface area contributed by atoms with E-state index >= 15 is 0 Å². The third-order valence-corrected chi connectivity index (χ3v) is 3.95. The van der Waals surface area contributed by atoms with Gasteiger partial charge in [-0.25, -0.2) is 4.79 Å². The zero-order chi connectivity index (χ0) is 16.8. The van der Waals surface area contributed by atoms with E-state index in [1.165, 1.54) is 4.90 Å². The lowest BCUT2D eigenvalue weighted by Gasteiger charge is -2.21. The molecule has 0 spiro atoms. The average Bonchev–Trinajstić information content (AvgIpc) is 2.42. The highest BCUT2D eigenvalue weighted by Gasteiger charge is 2.28. The molecule has 4 nitrogen and oxygen atoms in total. The van der Waals surface area contributed by atoms with Crippen LogP contribution < -0.4 is 5.32 Å². The zero-order valence-electron chi connectivity index (χ0n) is 12.4. The Labute approximate surface area is 131 Å². The number of nitrogens with one attached hydrogen (secondary N) is 1. The summed E-state index contributed by atoms with van der Waals surface area (Å²) in [6.45, 7) is 3.93. The Morgan fingerprint density at radius 2 is 2.09 bits per heavy atom. The van der Waals surface area contributed by atoms with E-state index < -0.39 is 18.0 Å². The first kappa shape index (κ1) is 18.6. The van der Waals surface area contributed by atoms with Gasteiger partial charge in [-0.2, -0.15) is 13.2 Å². The van der Waals surface area contributed by atoms with E-state index in [2.05, 4.69) is 5.32 Å². The van der Waals surface area contributed by atoms with Crippen LogP contribution in [0.1, 0.15) is 12.5 Å². The number of thioether (sulfide) groups is 1. The van der Waals surface area contributed by atoms with Crippen LogP contribution in [0.3, 0.4) is 0 Å². The quantitative estimate of drug-likeness (QED) is 0.782. The Balaban J connectivity index is 2.87. The molecule has 2 amide bonds. The van der Waals surface area contributed by atoms with Crippen LogP contribution in [0.2, 0.25) is 0 Å². The van der Waals surface area contributed by atoms with E-state index in [-0.39, 0.29) is 13.2 Å². The topological polar surface area (TPSA) is 52.6 Å². The summed E-state index contributed by atoms with van der Waals surface area (Å²) in [5.74, 6) is -1.02. The maximum absolute atomic E-state index is 12.4. The molecule has 22 heavy (non-hydrogen) atoms. The van der Waals surface area contributed by atoms with Gasteiger partial charge in [-0.15, -0.1) is 11.8 Å². The lowest BCUT2D eigenvalue weighted by atomic mass is 10.2. The van der Waals surface area contributed by atoms with Gasteiger partial charge in [0.2, 0.25) is 0 Å². The van der Waals surface area contributed by atoms with E-state index in [9.17, 15) is 18.0 Å². The first-order chi connectivity index (χ1) is 10.3. The second-order valence-electron chi connectivity index (χ2n) is 4.64. The number of nitrogens with zero attached hydrogens (tertiary/aromatic N) is 1. The van der Waals surface area contributed by atoms with Gasteiger partial charge in [0.1, 0.15) is 0 Å². The molecule has 0 aliphatic carbocycles. The van der Waals surface area contributed by atoms with Crippen LogP contribution >= 0.6 is 11.8 Å². The molecule has 124 valence electrons. The molecule has 0 aliphatic rings. The Bertz CT molecular complexity index is 509. The van der Waals surface area contributed by atoms with Gasteiger partial charge in [0.05, 0.1) is 18.0 Å². The lowest BCUT2D eigenvalue weighted by molar-refractivity contribution is -0.105. The molecule has 1 aromatic rings. The van der Waals surface area contributed by atoms with Crippen molar-refractivity contribution in [2.24, 2.45) is 0 Å². The standard InChI is InChI=1S/C14H19F3N2O2S/c1-3-19(6-7-20)13(21)18-11-8-10(2)4-5-12(11)22-9-14(15,16)17/h4-5,8,20H,3,6-7,9H2,1-2H3,(H,18,21). The highest BCUT2D eigenvalue weighted by molar-refractivity contribution is 7.99. The van der Waals surface area contributed by atoms with Crippen molar-refractivity contribution in [1.82, 2.24) is 4.90 Å². The predicted molar refractivity (Wildman–Crippen MR) is 81.3 cm³/mol. The molecular formula is C14H19F3N2O2S. The molecule has 0 unspecified atom stereocenters. The Hall–Kier alpha value is -1.41. The number of carbonyl (C=O) groups excluding carboxylic acids is 1. The number of likely N-dealkylation sites (N-methyl/N-ethyl adjacent to an activating group) is 1. The van der Waals surface area contributed by atoms with Crippen molar-refractivity contribution >= 4 is 23.5 Å². The summed E-state index contributed by atoms with van der Waals surface area (Å²) in [4.78, 5) is 13.8. The summed E-state index contributed by atoms with van der Waals surface area (Å²) in [7, 11) is 0. The largest absolute Gasteiger partial charge is 0.398 e. The fraction of sp³-hybridized carbons (Fsp3) is 0.500. The number of amides is 2. The molecule has 1 aromatic carbocycles. The number of aliphatic hydroxyl groups excluding tert-OH is 1. The lowest BCUT2D eigenvalue weighted by Crippen LogP contribution is -2.36. The van der Waals surface area contributed by atoms with Crippen molar-refractivity contribution in [2.45, 2.75) is 24.9 Å². The third-order valence-electron chi connectivity index (χ3n) is 2.81. The van der Waals surface area contributed by atoms with Gasteiger partial charge in [0.25, 0.3) is 0 Å². The second kappa shape index (κ2) is 8.28. The number of alkyl halides is 3. The third kappa shape index (κ3) is 6.15. The summed E-state index contributed by atoms with van der Waals surface area (Å²) >= 11 is 0.630. The summed E-state index contributed by atoms with van der Waals surface area (Å²) in [6, 6.07) is 4.43. The molecule has 1 rings (SSSR count). The molecule has 0 aliphatic heterocycles. The number of aryl methyl sites for hydroxylation is 1. The number of halogens is 3. The number of carbonyl (C=O) groups is 1. The summed E-state index contributed by atoms with van der Waals surface area (Å²) in [6.07, 6.45) is -4.27. The van der Waals surface area contributed by atoms with E-state index in [1.54, 1.807) is 32.0 Å². The van der Waals surface area contributed by atoms with Gasteiger partial charge < -0.3 is 15.3 Å². The predicted octanol–water partition coefficient (Wildman–Crippen LogP) is 3.50. The SMILES string of the molecule is CCN(CCO)C(=O)Nc1cc(C)ccc1SCC(F)(F)F. The van der Waals surface area contributed by atoms with Gasteiger partial charge in [-0.05, 0) is 31.5 Å². The summed E-state index contributed by atoms with van der Waals surface area (Å²) in [5, 5.41) is 11.5. The molecule has 2 N–H and O–H groups in total. The smallest absolute Gasteiger partial charge is 0.395 e. The summed E-state index contributed by atoms with van der Waals surface area (Å²) in [5.41, 5.74) is 1.17. The van der Waals surface area contributed by atoms with Crippen molar-refractivity contribution in [3.63, 3.8) is 0 Å². The molecule has 0 heterocycles.